The van der Waals surface area contributed by atoms with Crippen molar-refractivity contribution in [2.75, 3.05) is 6.61 Å². The van der Waals surface area contributed by atoms with E-state index in [1.54, 1.807) is 12.1 Å². The summed E-state index contributed by atoms with van der Waals surface area (Å²) in [5.41, 5.74) is 0. The first-order valence-electron chi connectivity index (χ1n) is 3.73. The predicted molar refractivity (Wildman–Crippen MR) is 41.5 cm³/mol. The summed E-state index contributed by atoms with van der Waals surface area (Å²) in [5.74, 6) is 0.593. The molecule has 0 aliphatic heterocycles. The minimum absolute atomic E-state index is 0.217. The monoisotopic (exact) mass is 172 g/mol. The Balaban J connectivity index is 2.41. The average molecular weight is 172 g/mol. The fraction of sp³-hybridized carbons (Fsp3) is 0.500. The number of rotatable bonds is 4. The van der Waals surface area contributed by atoms with Gasteiger partial charge in [-0.25, -0.2) is 0 Å². The molecule has 0 radical (unpaired) electrons. The summed E-state index contributed by atoms with van der Waals surface area (Å²) in [6.45, 7) is -0.443. The summed E-state index contributed by atoms with van der Waals surface area (Å²) in [6, 6.07) is 3.40. The van der Waals surface area contributed by atoms with Gasteiger partial charge in [-0.3, -0.25) is 0 Å². The van der Waals surface area contributed by atoms with Crippen molar-refractivity contribution in [3.05, 3.63) is 24.2 Å². The van der Waals surface area contributed by atoms with Gasteiger partial charge in [0.25, 0.3) is 0 Å². The Morgan fingerprint density at radius 1 is 1.33 bits per heavy atom. The average Bonchev–Trinajstić information content (AvgIpc) is 2.55. The van der Waals surface area contributed by atoms with Crippen LogP contribution in [0.1, 0.15) is 5.76 Å². The minimum Gasteiger partial charge on any atom is -0.469 e. The molecule has 2 unspecified atom stereocenters. The van der Waals surface area contributed by atoms with Crippen LogP contribution in [0.5, 0.6) is 0 Å². The van der Waals surface area contributed by atoms with Crippen molar-refractivity contribution in [3.63, 3.8) is 0 Å². The predicted octanol–water partition coefficient (Wildman–Crippen LogP) is -0.464. The molecule has 0 saturated carbocycles. The van der Waals surface area contributed by atoms with E-state index in [-0.39, 0.29) is 6.42 Å². The van der Waals surface area contributed by atoms with E-state index in [4.69, 9.17) is 14.6 Å². The van der Waals surface area contributed by atoms with Crippen LogP contribution < -0.4 is 0 Å². The Bertz CT molecular complexity index is 207. The number of aliphatic hydroxyl groups is 3. The van der Waals surface area contributed by atoms with Crippen molar-refractivity contribution in [1.82, 2.24) is 0 Å². The normalized spacial score (nSPS) is 15.9. The van der Waals surface area contributed by atoms with Crippen LogP contribution in [0.4, 0.5) is 0 Å². The molecule has 0 spiro atoms. The highest BCUT2D eigenvalue weighted by molar-refractivity contribution is 5.00. The molecule has 0 aromatic carbocycles. The molecule has 12 heavy (non-hydrogen) atoms. The third-order valence-corrected chi connectivity index (χ3v) is 1.62. The van der Waals surface area contributed by atoms with Gasteiger partial charge < -0.3 is 19.7 Å². The molecule has 0 amide bonds. The second kappa shape index (κ2) is 4.25. The fourth-order valence-electron chi connectivity index (χ4n) is 0.893. The molecule has 4 nitrogen and oxygen atoms in total. The standard InChI is InChI=1S/C8H12O4/c9-5-8(11)7(10)4-6-2-1-3-12-6/h1-3,7-11H,4-5H2. The van der Waals surface area contributed by atoms with Gasteiger partial charge in [-0.1, -0.05) is 0 Å². The summed E-state index contributed by atoms with van der Waals surface area (Å²) in [4.78, 5) is 0. The van der Waals surface area contributed by atoms with Gasteiger partial charge in [-0.2, -0.15) is 0 Å². The van der Waals surface area contributed by atoms with E-state index in [0.29, 0.717) is 5.76 Å². The van der Waals surface area contributed by atoms with Crippen molar-refractivity contribution in [1.29, 1.82) is 0 Å². The van der Waals surface area contributed by atoms with Gasteiger partial charge in [0.2, 0.25) is 0 Å². The summed E-state index contributed by atoms with van der Waals surface area (Å²) >= 11 is 0. The highest BCUT2D eigenvalue weighted by Crippen LogP contribution is 2.06. The maximum atomic E-state index is 9.22. The Hall–Kier alpha value is -0.840. The zero-order valence-corrected chi connectivity index (χ0v) is 6.55. The van der Waals surface area contributed by atoms with E-state index in [1.165, 1.54) is 6.26 Å². The van der Waals surface area contributed by atoms with Crippen molar-refractivity contribution in [2.24, 2.45) is 0 Å². The van der Waals surface area contributed by atoms with E-state index < -0.39 is 18.8 Å². The lowest BCUT2D eigenvalue weighted by atomic mass is 10.1. The van der Waals surface area contributed by atoms with Gasteiger partial charge in [-0.15, -0.1) is 0 Å². The van der Waals surface area contributed by atoms with E-state index in [2.05, 4.69) is 0 Å². The lowest BCUT2D eigenvalue weighted by Gasteiger charge is -2.13. The Labute approximate surface area is 70.1 Å². The van der Waals surface area contributed by atoms with Crippen LogP contribution >= 0.6 is 0 Å². The topological polar surface area (TPSA) is 73.8 Å². The number of hydrogen-bond acceptors (Lipinski definition) is 4. The van der Waals surface area contributed by atoms with Gasteiger partial charge in [0.1, 0.15) is 11.9 Å². The number of hydrogen-bond donors (Lipinski definition) is 3. The lowest BCUT2D eigenvalue weighted by Crippen LogP contribution is -2.30. The molecule has 4 heteroatoms. The Kier molecular flexibility index (Phi) is 3.28. The van der Waals surface area contributed by atoms with Gasteiger partial charge in [0, 0.05) is 6.42 Å². The molecule has 2 atom stereocenters. The summed E-state index contributed by atoms with van der Waals surface area (Å²) in [5, 5.41) is 26.7. The SMILES string of the molecule is OCC(O)C(O)Cc1ccco1. The molecule has 1 rings (SSSR count). The molecule has 3 N–H and O–H groups in total. The third-order valence-electron chi connectivity index (χ3n) is 1.62. The van der Waals surface area contributed by atoms with E-state index >= 15 is 0 Å². The maximum absolute atomic E-state index is 9.22. The van der Waals surface area contributed by atoms with Crippen LogP contribution in [0, 0.1) is 0 Å². The molecule has 1 aromatic rings. The van der Waals surface area contributed by atoms with Crippen LogP contribution in [0.3, 0.4) is 0 Å². The maximum Gasteiger partial charge on any atom is 0.106 e. The van der Waals surface area contributed by atoms with Crippen molar-refractivity contribution >= 4 is 0 Å². The summed E-state index contributed by atoms with van der Waals surface area (Å²) in [7, 11) is 0. The first-order chi connectivity index (χ1) is 5.74. The molecule has 1 aromatic heterocycles. The Morgan fingerprint density at radius 3 is 2.58 bits per heavy atom. The zero-order chi connectivity index (χ0) is 8.97. The molecule has 0 bridgehead atoms. The lowest BCUT2D eigenvalue weighted by molar-refractivity contribution is -0.0153. The minimum atomic E-state index is -1.10. The van der Waals surface area contributed by atoms with Crippen LogP contribution in [0.2, 0.25) is 0 Å². The first kappa shape index (κ1) is 9.25. The van der Waals surface area contributed by atoms with E-state index in [9.17, 15) is 5.11 Å². The smallest absolute Gasteiger partial charge is 0.106 e. The molecule has 0 saturated heterocycles. The molecule has 0 aliphatic rings. The molecule has 0 fully saturated rings. The highest BCUT2D eigenvalue weighted by Gasteiger charge is 2.16. The highest BCUT2D eigenvalue weighted by atomic mass is 16.4. The van der Waals surface area contributed by atoms with Gasteiger partial charge in [0.15, 0.2) is 0 Å². The fourth-order valence-corrected chi connectivity index (χ4v) is 0.893. The molecular weight excluding hydrogens is 160 g/mol. The second-order valence-electron chi connectivity index (χ2n) is 2.60. The number of aliphatic hydroxyl groups excluding tert-OH is 3. The van der Waals surface area contributed by atoms with Crippen molar-refractivity contribution in [3.8, 4) is 0 Å². The molecular formula is C8H12O4. The van der Waals surface area contributed by atoms with Crippen molar-refractivity contribution < 1.29 is 19.7 Å². The van der Waals surface area contributed by atoms with Crippen LogP contribution in [0.25, 0.3) is 0 Å². The van der Waals surface area contributed by atoms with Crippen LogP contribution in [0.15, 0.2) is 22.8 Å². The number of furan rings is 1. The van der Waals surface area contributed by atoms with E-state index in [0.717, 1.165) is 0 Å². The van der Waals surface area contributed by atoms with E-state index in [1.807, 2.05) is 0 Å². The van der Waals surface area contributed by atoms with Gasteiger partial charge in [-0.05, 0) is 12.1 Å². The largest absolute Gasteiger partial charge is 0.469 e. The van der Waals surface area contributed by atoms with Crippen LogP contribution in [-0.4, -0.2) is 34.1 Å². The molecule has 68 valence electrons. The summed E-state index contributed by atoms with van der Waals surface area (Å²) < 4.78 is 4.95. The molecule has 0 aliphatic carbocycles. The summed E-state index contributed by atoms with van der Waals surface area (Å²) in [6.07, 6.45) is -0.362. The third kappa shape index (κ3) is 2.34. The zero-order valence-electron chi connectivity index (χ0n) is 6.55. The molecule has 1 heterocycles. The quantitative estimate of drug-likeness (QED) is 0.574. The van der Waals surface area contributed by atoms with Crippen LogP contribution in [-0.2, 0) is 6.42 Å². The Morgan fingerprint density at radius 2 is 2.08 bits per heavy atom. The first-order valence-corrected chi connectivity index (χ1v) is 3.73. The van der Waals surface area contributed by atoms with Crippen molar-refractivity contribution in [2.45, 2.75) is 18.6 Å². The second-order valence-corrected chi connectivity index (χ2v) is 2.60. The van der Waals surface area contributed by atoms with Gasteiger partial charge >= 0.3 is 0 Å². The van der Waals surface area contributed by atoms with Gasteiger partial charge in [0.05, 0.1) is 19.0 Å².